The maximum absolute atomic E-state index is 6.11. The fourth-order valence-electron chi connectivity index (χ4n) is 1.42. The molecule has 2 N–H and O–H groups in total. The van der Waals surface area contributed by atoms with Crippen LogP contribution in [0.2, 0.25) is 10.0 Å². The van der Waals surface area contributed by atoms with E-state index in [-0.39, 0.29) is 6.04 Å². The monoisotopic (exact) mass is 337 g/mol. The second-order valence-corrected chi connectivity index (χ2v) is 5.83. The van der Waals surface area contributed by atoms with Crippen LogP contribution in [-0.2, 0) is 6.42 Å². The molecule has 0 aliphatic carbocycles. The molecule has 0 spiro atoms. The first-order valence-corrected chi connectivity index (χ1v) is 6.64. The zero-order valence-corrected chi connectivity index (χ0v) is 12.6. The number of benzene rings is 1. The SMILES string of the molecule is C=C(Br)COc1c(Cl)cc(Cl)cc1CC(C)N. The van der Waals surface area contributed by atoms with E-state index in [9.17, 15) is 0 Å². The van der Waals surface area contributed by atoms with Crippen molar-refractivity contribution in [2.75, 3.05) is 6.61 Å². The van der Waals surface area contributed by atoms with Gasteiger partial charge in [-0.3, -0.25) is 0 Å². The van der Waals surface area contributed by atoms with Gasteiger partial charge in [0.15, 0.2) is 0 Å². The Kier molecular flexibility index (Phi) is 5.80. The fraction of sp³-hybridized carbons (Fsp3) is 0.333. The van der Waals surface area contributed by atoms with E-state index >= 15 is 0 Å². The summed E-state index contributed by atoms with van der Waals surface area (Å²) < 4.78 is 6.34. The molecule has 1 atom stereocenters. The molecule has 0 saturated carbocycles. The van der Waals surface area contributed by atoms with Gasteiger partial charge in [-0.05, 0) is 31.0 Å². The van der Waals surface area contributed by atoms with Crippen molar-refractivity contribution >= 4 is 39.1 Å². The Balaban J connectivity index is 3.02. The van der Waals surface area contributed by atoms with Crippen molar-refractivity contribution in [3.05, 3.63) is 38.8 Å². The Morgan fingerprint density at radius 3 is 2.71 bits per heavy atom. The quantitative estimate of drug-likeness (QED) is 0.874. The molecule has 17 heavy (non-hydrogen) atoms. The Morgan fingerprint density at radius 2 is 2.18 bits per heavy atom. The minimum Gasteiger partial charge on any atom is -0.487 e. The van der Waals surface area contributed by atoms with E-state index < -0.39 is 0 Å². The maximum atomic E-state index is 6.11. The molecule has 5 heteroatoms. The molecule has 0 aromatic heterocycles. The minimum absolute atomic E-state index is 0.0130. The number of halogens is 3. The second kappa shape index (κ2) is 6.64. The molecule has 0 aliphatic rings. The number of rotatable bonds is 5. The zero-order valence-electron chi connectivity index (χ0n) is 9.47. The summed E-state index contributed by atoms with van der Waals surface area (Å²) in [7, 11) is 0. The standard InChI is InChI=1S/C12H14BrCl2NO/c1-7(13)6-17-12-9(3-8(2)16)4-10(14)5-11(12)15/h4-5,8H,1,3,6,16H2,2H3. The highest BCUT2D eigenvalue weighted by Gasteiger charge is 2.12. The van der Waals surface area contributed by atoms with Gasteiger partial charge >= 0.3 is 0 Å². The predicted molar refractivity (Wildman–Crippen MR) is 77.4 cm³/mol. The van der Waals surface area contributed by atoms with Crippen LogP contribution in [0.5, 0.6) is 5.75 Å². The highest BCUT2D eigenvalue weighted by Crippen LogP contribution is 2.33. The third-order valence-corrected chi connectivity index (χ3v) is 2.73. The Labute approximate surface area is 120 Å². The van der Waals surface area contributed by atoms with Crippen LogP contribution in [0.25, 0.3) is 0 Å². The van der Waals surface area contributed by atoms with Gasteiger partial charge in [-0.15, -0.1) is 0 Å². The molecule has 0 aliphatic heterocycles. The molecular formula is C12H14BrCl2NO. The summed E-state index contributed by atoms with van der Waals surface area (Å²) in [6.45, 7) is 5.98. The Hall–Kier alpha value is -0.220. The fourth-order valence-corrected chi connectivity index (χ4v) is 2.13. The van der Waals surface area contributed by atoms with Crippen molar-refractivity contribution in [3.63, 3.8) is 0 Å². The van der Waals surface area contributed by atoms with Crippen LogP contribution in [-0.4, -0.2) is 12.6 Å². The number of hydrogen-bond donors (Lipinski definition) is 1. The lowest BCUT2D eigenvalue weighted by Gasteiger charge is -2.15. The van der Waals surface area contributed by atoms with Crippen LogP contribution in [0.3, 0.4) is 0 Å². The van der Waals surface area contributed by atoms with E-state index in [0.717, 1.165) is 10.0 Å². The summed E-state index contributed by atoms with van der Waals surface area (Å²) in [5, 5.41) is 1.07. The van der Waals surface area contributed by atoms with Gasteiger partial charge in [0.05, 0.1) is 5.02 Å². The molecule has 1 aromatic rings. The molecule has 0 saturated heterocycles. The summed E-state index contributed by atoms with van der Waals surface area (Å²) in [6, 6.07) is 3.49. The van der Waals surface area contributed by atoms with Crippen LogP contribution in [0.1, 0.15) is 12.5 Å². The summed E-state index contributed by atoms with van der Waals surface area (Å²) >= 11 is 15.3. The van der Waals surface area contributed by atoms with Gasteiger partial charge in [-0.2, -0.15) is 0 Å². The number of ether oxygens (including phenoxy) is 1. The van der Waals surface area contributed by atoms with E-state index in [1.165, 1.54) is 0 Å². The van der Waals surface area contributed by atoms with Crippen LogP contribution in [0.15, 0.2) is 23.2 Å². The average molecular weight is 339 g/mol. The van der Waals surface area contributed by atoms with E-state index in [0.29, 0.717) is 28.8 Å². The van der Waals surface area contributed by atoms with Crippen LogP contribution in [0, 0.1) is 0 Å². The maximum Gasteiger partial charge on any atom is 0.141 e. The first kappa shape index (κ1) is 14.8. The average Bonchev–Trinajstić information content (AvgIpc) is 2.14. The zero-order chi connectivity index (χ0) is 13.0. The summed E-state index contributed by atoms with van der Waals surface area (Å²) in [5.74, 6) is 0.619. The molecule has 0 heterocycles. The predicted octanol–water partition coefficient (Wildman–Crippen LogP) is 4.17. The van der Waals surface area contributed by atoms with Gasteiger partial charge in [0, 0.05) is 15.5 Å². The molecule has 94 valence electrons. The lowest BCUT2D eigenvalue weighted by molar-refractivity contribution is 0.356. The smallest absolute Gasteiger partial charge is 0.141 e. The lowest BCUT2D eigenvalue weighted by atomic mass is 10.1. The van der Waals surface area contributed by atoms with Gasteiger partial charge in [-0.1, -0.05) is 45.7 Å². The minimum atomic E-state index is 0.0130. The van der Waals surface area contributed by atoms with Crippen molar-refractivity contribution < 1.29 is 4.74 Å². The van der Waals surface area contributed by atoms with E-state index in [1.54, 1.807) is 6.07 Å². The molecule has 0 bridgehead atoms. The highest BCUT2D eigenvalue weighted by molar-refractivity contribution is 9.11. The number of nitrogens with two attached hydrogens (primary N) is 1. The second-order valence-electron chi connectivity index (χ2n) is 3.86. The molecule has 2 nitrogen and oxygen atoms in total. The van der Waals surface area contributed by atoms with Crippen molar-refractivity contribution in [2.45, 2.75) is 19.4 Å². The van der Waals surface area contributed by atoms with Crippen molar-refractivity contribution in [3.8, 4) is 5.75 Å². The molecule has 0 fully saturated rings. The Morgan fingerprint density at radius 1 is 1.53 bits per heavy atom. The van der Waals surface area contributed by atoms with Crippen molar-refractivity contribution in [1.29, 1.82) is 0 Å². The van der Waals surface area contributed by atoms with Crippen LogP contribution in [0.4, 0.5) is 0 Å². The third kappa shape index (κ3) is 4.88. The first-order chi connectivity index (χ1) is 7.90. The topological polar surface area (TPSA) is 35.2 Å². The molecule has 1 aromatic carbocycles. The molecule has 1 rings (SSSR count). The molecule has 1 unspecified atom stereocenters. The van der Waals surface area contributed by atoms with Crippen LogP contribution >= 0.6 is 39.1 Å². The molecular weight excluding hydrogens is 325 g/mol. The van der Waals surface area contributed by atoms with Crippen LogP contribution < -0.4 is 10.5 Å². The molecule has 0 radical (unpaired) electrons. The summed E-state index contributed by atoms with van der Waals surface area (Å²) in [4.78, 5) is 0. The first-order valence-electron chi connectivity index (χ1n) is 5.09. The summed E-state index contributed by atoms with van der Waals surface area (Å²) in [6.07, 6.45) is 0.657. The van der Waals surface area contributed by atoms with Gasteiger partial charge < -0.3 is 10.5 Å². The lowest BCUT2D eigenvalue weighted by Crippen LogP contribution is -2.18. The van der Waals surface area contributed by atoms with E-state index in [2.05, 4.69) is 22.5 Å². The Bertz CT molecular complexity index is 421. The van der Waals surface area contributed by atoms with Gasteiger partial charge in [0.1, 0.15) is 12.4 Å². The van der Waals surface area contributed by atoms with Crippen molar-refractivity contribution in [1.82, 2.24) is 0 Å². The summed E-state index contributed by atoms with van der Waals surface area (Å²) in [5.41, 5.74) is 6.69. The van der Waals surface area contributed by atoms with E-state index in [1.807, 2.05) is 13.0 Å². The number of hydrogen-bond acceptors (Lipinski definition) is 2. The normalized spacial score (nSPS) is 12.3. The third-order valence-electron chi connectivity index (χ3n) is 2.00. The van der Waals surface area contributed by atoms with Gasteiger partial charge in [0.2, 0.25) is 0 Å². The van der Waals surface area contributed by atoms with Gasteiger partial charge in [-0.25, -0.2) is 0 Å². The van der Waals surface area contributed by atoms with Gasteiger partial charge in [0.25, 0.3) is 0 Å². The molecule has 0 amide bonds. The van der Waals surface area contributed by atoms with Crippen molar-refractivity contribution in [2.24, 2.45) is 5.73 Å². The largest absolute Gasteiger partial charge is 0.487 e. The highest BCUT2D eigenvalue weighted by atomic mass is 79.9. The van der Waals surface area contributed by atoms with E-state index in [4.69, 9.17) is 33.7 Å².